The Morgan fingerprint density at radius 3 is 2.46 bits per heavy atom. The number of carbonyl (C=O) groups is 2. The van der Waals surface area contributed by atoms with Gasteiger partial charge in [-0.1, -0.05) is 55.3 Å². The van der Waals surface area contributed by atoms with E-state index in [1.165, 1.54) is 24.5 Å². The molecule has 4 aliphatic carbocycles. The van der Waals surface area contributed by atoms with Gasteiger partial charge in [-0.05, 0) is 92.9 Å². The van der Waals surface area contributed by atoms with Crippen molar-refractivity contribution in [3.05, 3.63) is 47.0 Å². The molecule has 0 saturated heterocycles. The lowest BCUT2D eigenvalue weighted by atomic mass is 9.47. The van der Waals surface area contributed by atoms with Gasteiger partial charge < -0.3 is 9.47 Å². The van der Waals surface area contributed by atoms with Crippen LogP contribution in [0.25, 0.3) is 0 Å². The molecular formula is C31H42O4. The van der Waals surface area contributed by atoms with Crippen LogP contribution in [0, 0.1) is 41.4 Å². The van der Waals surface area contributed by atoms with Crippen molar-refractivity contribution in [3.8, 4) is 0 Å². The average Bonchev–Trinajstić information content (AvgIpc) is 3.16. The van der Waals surface area contributed by atoms with Crippen LogP contribution in [0.5, 0.6) is 0 Å². The van der Waals surface area contributed by atoms with Crippen LogP contribution < -0.4 is 0 Å². The molecule has 1 aromatic rings. The van der Waals surface area contributed by atoms with Gasteiger partial charge in [-0.25, -0.2) is 0 Å². The van der Waals surface area contributed by atoms with E-state index in [2.05, 4.69) is 51.1 Å². The summed E-state index contributed by atoms with van der Waals surface area (Å²) >= 11 is 0. The predicted molar refractivity (Wildman–Crippen MR) is 136 cm³/mol. The molecule has 5 rings (SSSR count). The van der Waals surface area contributed by atoms with Gasteiger partial charge in [0.15, 0.2) is 0 Å². The van der Waals surface area contributed by atoms with Crippen LogP contribution in [0.3, 0.4) is 0 Å². The highest BCUT2D eigenvalue weighted by atomic mass is 16.5. The van der Waals surface area contributed by atoms with Crippen LogP contribution in [-0.2, 0) is 19.1 Å². The first-order chi connectivity index (χ1) is 16.6. The van der Waals surface area contributed by atoms with E-state index in [4.69, 9.17) is 9.47 Å². The number of carbonyl (C=O) groups excluding carboxylic acids is 2. The smallest absolute Gasteiger partial charge is 0.310 e. The van der Waals surface area contributed by atoms with Gasteiger partial charge in [-0.2, -0.15) is 0 Å². The van der Waals surface area contributed by atoms with Gasteiger partial charge in [0.1, 0.15) is 12.2 Å². The Labute approximate surface area is 210 Å². The third kappa shape index (κ3) is 4.25. The number of rotatable bonds is 4. The molecule has 35 heavy (non-hydrogen) atoms. The number of hydrogen-bond acceptors (Lipinski definition) is 4. The first kappa shape index (κ1) is 24.6. The highest BCUT2D eigenvalue weighted by Gasteiger charge is 2.60. The molecule has 0 bridgehead atoms. The van der Waals surface area contributed by atoms with E-state index in [0.717, 1.165) is 50.5 Å². The third-order valence-electron chi connectivity index (χ3n) is 10.5. The molecule has 190 valence electrons. The monoisotopic (exact) mass is 478 g/mol. The molecule has 0 spiro atoms. The Bertz CT molecular complexity index is 1010. The van der Waals surface area contributed by atoms with Crippen LogP contribution in [0.1, 0.15) is 96.3 Å². The number of benzene rings is 1. The Hall–Kier alpha value is -2.10. The van der Waals surface area contributed by atoms with Gasteiger partial charge in [-0.3, -0.25) is 9.59 Å². The minimum Gasteiger partial charge on any atom is -0.462 e. The van der Waals surface area contributed by atoms with Crippen molar-refractivity contribution in [2.75, 3.05) is 0 Å². The van der Waals surface area contributed by atoms with Crippen LogP contribution in [0.4, 0.5) is 0 Å². The van der Waals surface area contributed by atoms with E-state index in [1.807, 2.05) is 6.92 Å². The molecule has 4 heteroatoms. The standard InChI is InChI=1S/C31H42O4/c1-19-6-8-22(9-7-19)20(2)34-29(33)28-13-12-26-25-11-10-23-18-24(35-21(3)32)14-16-30(23,4)27(25)15-17-31(26,28)5/h6-10,20,24-28H,11-18H2,1-5H3/t20-,24+,25+,26+,27+,28-,30+,31+/m1/s1. The van der Waals surface area contributed by atoms with Gasteiger partial charge in [0.2, 0.25) is 0 Å². The first-order valence-corrected chi connectivity index (χ1v) is 13.8. The van der Waals surface area contributed by atoms with E-state index >= 15 is 0 Å². The van der Waals surface area contributed by atoms with Gasteiger partial charge in [0.05, 0.1) is 5.92 Å². The number of allylic oxidation sites excluding steroid dienone is 1. The number of fused-ring (bicyclic) bond motifs is 5. The number of hydrogen-bond donors (Lipinski definition) is 0. The van der Waals surface area contributed by atoms with Crippen molar-refractivity contribution in [3.63, 3.8) is 0 Å². The zero-order valence-corrected chi connectivity index (χ0v) is 22.1. The van der Waals surface area contributed by atoms with Gasteiger partial charge in [0, 0.05) is 13.3 Å². The molecule has 1 aromatic carbocycles. The maximum absolute atomic E-state index is 13.5. The van der Waals surface area contributed by atoms with Crippen LogP contribution >= 0.6 is 0 Å². The summed E-state index contributed by atoms with van der Waals surface area (Å²) in [6.07, 6.45) is 10.7. The second kappa shape index (κ2) is 9.09. The number of ether oxygens (including phenoxy) is 2. The molecule has 4 aliphatic rings. The van der Waals surface area contributed by atoms with E-state index in [0.29, 0.717) is 17.8 Å². The zero-order chi connectivity index (χ0) is 25.0. The van der Waals surface area contributed by atoms with Crippen LogP contribution in [0.2, 0.25) is 0 Å². The van der Waals surface area contributed by atoms with Crippen molar-refractivity contribution in [1.82, 2.24) is 0 Å². The van der Waals surface area contributed by atoms with Crippen LogP contribution in [0.15, 0.2) is 35.9 Å². The summed E-state index contributed by atoms with van der Waals surface area (Å²) in [5, 5.41) is 0. The minimum absolute atomic E-state index is 0.000709. The molecule has 0 unspecified atom stereocenters. The lowest BCUT2D eigenvalue weighted by molar-refractivity contribution is -0.161. The van der Waals surface area contributed by atoms with Gasteiger partial charge in [-0.15, -0.1) is 0 Å². The van der Waals surface area contributed by atoms with Crippen molar-refractivity contribution >= 4 is 11.9 Å². The lowest BCUT2D eigenvalue weighted by Gasteiger charge is -2.57. The van der Waals surface area contributed by atoms with Gasteiger partial charge >= 0.3 is 11.9 Å². The molecule has 3 saturated carbocycles. The predicted octanol–water partition coefficient (Wildman–Crippen LogP) is 7.11. The summed E-state index contributed by atoms with van der Waals surface area (Å²) in [4.78, 5) is 25.0. The maximum Gasteiger partial charge on any atom is 0.310 e. The summed E-state index contributed by atoms with van der Waals surface area (Å²) in [7, 11) is 0. The van der Waals surface area contributed by atoms with E-state index in [-0.39, 0.29) is 40.9 Å². The van der Waals surface area contributed by atoms with Crippen LogP contribution in [-0.4, -0.2) is 18.0 Å². The maximum atomic E-state index is 13.5. The Balaban J connectivity index is 1.30. The first-order valence-electron chi connectivity index (χ1n) is 13.8. The van der Waals surface area contributed by atoms with E-state index in [9.17, 15) is 9.59 Å². The fourth-order valence-corrected chi connectivity index (χ4v) is 8.51. The molecule has 8 atom stereocenters. The van der Waals surface area contributed by atoms with Gasteiger partial charge in [0.25, 0.3) is 0 Å². The third-order valence-corrected chi connectivity index (χ3v) is 10.5. The number of aryl methyl sites for hydroxylation is 1. The van der Waals surface area contributed by atoms with Crippen molar-refractivity contribution in [1.29, 1.82) is 0 Å². The van der Waals surface area contributed by atoms with Crippen molar-refractivity contribution in [2.45, 2.75) is 98.2 Å². The fourth-order valence-electron chi connectivity index (χ4n) is 8.51. The summed E-state index contributed by atoms with van der Waals surface area (Å²) in [6, 6.07) is 8.30. The normalized spacial score (nSPS) is 38.9. The topological polar surface area (TPSA) is 52.6 Å². The second-order valence-electron chi connectivity index (χ2n) is 12.4. The summed E-state index contributed by atoms with van der Waals surface area (Å²) in [5.74, 6) is 1.72. The molecule has 0 aromatic heterocycles. The van der Waals surface area contributed by atoms with Crippen molar-refractivity contribution < 1.29 is 19.1 Å². The summed E-state index contributed by atoms with van der Waals surface area (Å²) < 4.78 is 11.7. The molecule has 3 fully saturated rings. The Morgan fingerprint density at radius 1 is 1.00 bits per heavy atom. The molecule has 0 radical (unpaired) electrons. The average molecular weight is 479 g/mol. The Kier molecular flexibility index (Phi) is 6.38. The zero-order valence-electron chi connectivity index (χ0n) is 22.1. The quantitative estimate of drug-likeness (QED) is 0.342. The molecule has 0 heterocycles. The summed E-state index contributed by atoms with van der Waals surface area (Å²) in [5.41, 5.74) is 4.03. The molecule has 4 nitrogen and oxygen atoms in total. The fraction of sp³-hybridized carbons (Fsp3) is 0.677. The largest absolute Gasteiger partial charge is 0.462 e. The molecular weight excluding hydrogens is 436 g/mol. The summed E-state index contributed by atoms with van der Waals surface area (Å²) in [6.45, 7) is 10.4. The Morgan fingerprint density at radius 2 is 1.74 bits per heavy atom. The lowest BCUT2D eigenvalue weighted by Crippen LogP contribution is -2.51. The van der Waals surface area contributed by atoms with Crippen molar-refractivity contribution in [2.24, 2.45) is 34.5 Å². The SMILES string of the molecule is CC(=O)O[C@H]1CC[C@@]2(C)C(=CC[C@H]3[C@@H]4CC[C@H](C(=O)O[C@H](C)c5ccc(C)cc5)[C@@]4(C)CC[C@@H]32)C1. The van der Waals surface area contributed by atoms with E-state index < -0.39 is 0 Å². The number of esters is 2. The molecule has 0 amide bonds. The molecule has 0 aliphatic heterocycles. The minimum atomic E-state index is -0.214. The second-order valence-corrected chi connectivity index (χ2v) is 12.4. The highest BCUT2D eigenvalue weighted by Crippen LogP contribution is 2.66. The molecule has 0 N–H and O–H groups in total. The highest BCUT2D eigenvalue weighted by molar-refractivity contribution is 5.74. The van der Waals surface area contributed by atoms with E-state index in [1.54, 1.807) is 0 Å².